The average molecular weight is 281 g/mol. The van der Waals surface area contributed by atoms with Crippen molar-refractivity contribution >= 4 is 5.91 Å². The van der Waals surface area contributed by atoms with Crippen LogP contribution < -0.4 is 14.8 Å². The molecule has 0 aromatic heterocycles. The van der Waals surface area contributed by atoms with Gasteiger partial charge in [-0.25, -0.2) is 0 Å². The van der Waals surface area contributed by atoms with Gasteiger partial charge in [0.1, 0.15) is 0 Å². The topological polar surface area (TPSA) is 47.6 Å². The molecule has 0 bridgehead atoms. The second kappa shape index (κ2) is 4.25. The Hall–Kier alpha value is -2.49. The average Bonchev–Trinajstić information content (AvgIpc) is 2.83. The van der Waals surface area contributed by atoms with Crippen LogP contribution in [0.25, 0.3) is 11.1 Å². The number of methoxy groups -OCH3 is 2. The molecule has 2 aliphatic rings. The van der Waals surface area contributed by atoms with Crippen LogP contribution in [0, 0.1) is 0 Å². The monoisotopic (exact) mass is 281 g/mol. The zero-order chi connectivity index (χ0) is 14.6. The number of hydrogen-bond acceptors (Lipinski definition) is 3. The Morgan fingerprint density at radius 2 is 1.95 bits per heavy atom. The number of ether oxygens (including phenoxy) is 2. The fourth-order valence-electron chi connectivity index (χ4n) is 3.45. The first-order valence-corrected chi connectivity index (χ1v) is 6.92. The van der Waals surface area contributed by atoms with Gasteiger partial charge in [-0.1, -0.05) is 24.3 Å². The number of benzene rings is 2. The highest BCUT2D eigenvalue weighted by Gasteiger charge is 2.38. The molecule has 4 nitrogen and oxygen atoms in total. The number of hydrogen-bond donors (Lipinski definition) is 1. The Kier molecular flexibility index (Phi) is 2.48. The van der Waals surface area contributed by atoms with Gasteiger partial charge in [-0.2, -0.15) is 0 Å². The first-order chi connectivity index (χ1) is 10.2. The van der Waals surface area contributed by atoms with Gasteiger partial charge in [-0.15, -0.1) is 0 Å². The smallest absolute Gasteiger partial charge is 0.252 e. The van der Waals surface area contributed by atoms with Crippen LogP contribution in [0.3, 0.4) is 0 Å². The van der Waals surface area contributed by atoms with Gasteiger partial charge >= 0.3 is 0 Å². The van der Waals surface area contributed by atoms with Crippen molar-refractivity contribution in [3.8, 4) is 22.6 Å². The molecule has 4 rings (SSSR count). The molecule has 1 aliphatic carbocycles. The van der Waals surface area contributed by atoms with E-state index < -0.39 is 0 Å². The van der Waals surface area contributed by atoms with Gasteiger partial charge in [0.25, 0.3) is 5.91 Å². The molecular weight excluding hydrogens is 266 g/mol. The molecule has 0 fully saturated rings. The summed E-state index contributed by atoms with van der Waals surface area (Å²) in [6.45, 7) is 0. The first-order valence-electron chi connectivity index (χ1n) is 6.92. The van der Waals surface area contributed by atoms with E-state index in [1.165, 1.54) is 5.56 Å². The first kappa shape index (κ1) is 12.3. The molecule has 1 N–H and O–H groups in total. The highest BCUT2D eigenvalue weighted by atomic mass is 16.5. The van der Waals surface area contributed by atoms with E-state index in [2.05, 4.69) is 17.4 Å². The Bertz CT molecular complexity index is 767. The summed E-state index contributed by atoms with van der Waals surface area (Å²) >= 11 is 0. The highest BCUT2D eigenvalue weighted by molar-refractivity contribution is 6.04. The largest absolute Gasteiger partial charge is 0.493 e. The Morgan fingerprint density at radius 3 is 2.71 bits per heavy atom. The third-order valence-electron chi connectivity index (χ3n) is 4.32. The molecule has 0 unspecified atom stereocenters. The highest BCUT2D eigenvalue weighted by Crippen LogP contribution is 2.51. The van der Waals surface area contributed by atoms with Crippen LogP contribution in [0.5, 0.6) is 11.5 Å². The zero-order valence-corrected chi connectivity index (χ0v) is 11.9. The van der Waals surface area contributed by atoms with Crippen LogP contribution in [0.15, 0.2) is 30.3 Å². The number of rotatable bonds is 2. The molecule has 1 amide bonds. The van der Waals surface area contributed by atoms with Gasteiger partial charge in [0.2, 0.25) is 0 Å². The lowest BCUT2D eigenvalue weighted by Gasteiger charge is -2.26. The summed E-state index contributed by atoms with van der Waals surface area (Å²) in [6.07, 6.45) is 0.817. The summed E-state index contributed by atoms with van der Waals surface area (Å²) in [4.78, 5) is 12.2. The molecule has 0 saturated carbocycles. The summed E-state index contributed by atoms with van der Waals surface area (Å²) < 4.78 is 11.0. The van der Waals surface area contributed by atoms with Crippen molar-refractivity contribution in [1.82, 2.24) is 5.32 Å². The lowest BCUT2D eigenvalue weighted by atomic mass is 9.81. The van der Waals surface area contributed by atoms with E-state index in [0.29, 0.717) is 17.1 Å². The normalized spacial score (nSPS) is 17.8. The maximum Gasteiger partial charge on any atom is 0.252 e. The van der Waals surface area contributed by atoms with Gasteiger partial charge in [-0.05, 0) is 29.2 Å². The summed E-state index contributed by atoms with van der Waals surface area (Å²) in [6, 6.07) is 10.0. The molecule has 2 aromatic rings. The molecular formula is C17H15NO3. The predicted octanol–water partition coefficient (Wildman–Crippen LogP) is 2.71. The standard InChI is InChI=1S/C17H15NO3/c1-20-13-8-11-14-12(18-17(11)19)7-9-5-3-4-6-10(9)15(14)16(13)21-2/h3-6,8,12H,7H2,1-2H3,(H,18,19)/t12-/m1/s1. The minimum atomic E-state index is -0.0370. The number of carbonyl (C=O) groups excluding carboxylic acids is 1. The fourth-order valence-corrected chi connectivity index (χ4v) is 3.45. The minimum Gasteiger partial charge on any atom is -0.493 e. The van der Waals surface area contributed by atoms with Gasteiger partial charge in [0, 0.05) is 11.1 Å². The van der Waals surface area contributed by atoms with Gasteiger partial charge in [0.05, 0.1) is 20.3 Å². The second-order valence-electron chi connectivity index (χ2n) is 5.34. The summed E-state index contributed by atoms with van der Waals surface area (Å²) in [5.74, 6) is 1.26. The Balaban J connectivity index is 2.12. The number of carbonyl (C=O) groups is 1. The van der Waals surface area contributed by atoms with Crippen molar-refractivity contribution in [3.05, 3.63) is 47.0 Å². The van der Waals surface area contributed by atoms with E-state index in [0.717, 1.165) is 23.1 Å². The van der Waals surface area contributed by atoms with Crippen LogP contribution >= 0.6 is 0 Å². The molecule has 106 valence electrons. The maximum absolute atomic E-state index is 12.2. The molecule has 4 heteroatoms. The Morgan fingerprint density at radius 1 is 1.14 bits per heavy atom. The number of nitrogens with one attached hydrogen (secondary N) is 1. The molecule has 1 aliphatic heterocycles. The quantitative estimate of drug-likeness (QED) is 0.920. The van der Waals surface area contributed by atoms with Crippen LogP contribution in [0.2, 0.25) is 0 Å². The van der Waals surface area contributed by atoms with Crippen LogP contribution in [0.4, 0.5) is 0 Å². The van der Waals surface area contributed by atoms with Crippen molar-refractivity contribution in [2.24, 2.45) is 0 Å². The molecule has 0 spiro atoms. The van der Waals surface area contributed by atoms with Crippen LogP contribution in [0.1, 0.15) is 27.5 Å². The van der Waals surface area contributed by atoms with Crippen molar-refractivity contribution in [2.75, 3.05) is 14.2 Å². The van der Waals surface area contributed by atoms with Gasteiger partial charge < -0.3 is 14.8 Å². The zero-order valence-electron chi connectivity index (χ0n) is 11.9. The molecule has 21 heavy (non-hydrogen) atoms. The number of amides is 1. The van der Waals surface area contributed by atoms with E-state index in [9.17, 15) is 4.79 Å². The SMILES string of the molecule is COc1cc2c3c(c1OC)-c1ccccc1C[C@H]3NC2=O. The van der Waals surface area contributed by atoms with E-state index in [1.54, 1.807) is 20.3 Å². The maximum atomic E-state index is 12.2. The van der Waals surface area contributed by atoms with Crippen molar-refractivity contribution in [3.63, 3.8) is 0 Å². The summed E-state index contributed by atoms with van der Waals surface area (Å²) in [7, 11) is 3.23. The fraction of sp³-hybridized carbons (Fsp3) is 0.235. The third-order valence-corrected chi connectivity index (χ3v) is 4.32. The molecule has 1 atom stereocenters. The summed E-state index contributed by atoms with van der Waals surface area (Å²) in [5, 5.41) is 3.05. The second-order valence-corrected chi connectivity index (χ2v) is 5.34. The summed E-state index contributed by atoms with van der Waals surface area (Å²) in [5.41, 5.74) is 5.06. The third kappa shape index (κ3) is 1.53. The van der Waals surface area contributed by atoms with Crippen molar-refractivity contribution < 1.29 is 14.3 Å². The van der Waals surface area contributed by atoms with E-state index in [1.807, 2.05) is 12.1 Å². The Labute approximate surface area is 122 Å². The van der Waals surface area contributed by atoms with Crippen molar-refractivity contribution in [2.45, 2.75) is 12.5 Å². The van der Waals surface area contributed by atoms with Gasteiger partial charge in [-0.3, -0.25) is 4.79 Å². The van der Waals surface area contributed by atoms with Crippen LogP contribution in [-0.4, -0.2) is 20.1 Å². The van der Waals surface area contributed by atoms with Crippen LogP contribution in [-0.2, 0) is 6.42 Å². The molecule has 2 aromatic carbocycles. The van der Waals surface area contributed by atoms with E-state index >= 15 is 0 Å². The molecule has 1 heterocycles. The minimum absolute atomic E-state index is 0.0252. The van der Waals surface area contributed by atoms with E-state index in [4.69, 9.17) is 9.47 Å². The lowest BCUT2D eigenvalue weighted by molar-refractivity contribution is 0.0956. The van der Waals surface area contributed by atoms with Crippen molar-refractivity contribution in [1.29, 1.82) is 0 Å². The van der Waals surface area contributed by atoms with E-state index in [-0.39, 0.29) is 11.9 Å². The molecule has 0 radical (unpaired) electrons. The number of fused-ring (bicyclic) bond motifs is 2. The predicted molar refractivity (Wildman–Crippen MR) is 78.9 cm³/mol. The van der Waals surface area contributed by atoms with Gasteiger partial charge in [0.15, 0.2) is 11.5 Å². The lowest BCUT2D eigenvalue weighted by Crippen LogP contribution is -2.22. The molecule has 0 saturated heterocycles.